The molecular formula is C11H11ClF3NS. The van der Waals surface area contributed by atoms with Crippen molar-refractivity contribution in [3.05, 3.63) is 34.7 Å². The Morgan fingerprint density at radius 3 is 2.53 bits per heavy atom. The lowest BCUT2D eigenvalue weighted by Gasteiger charge is -2.10. The molecule has 1 nitrogen and oxygen atoms in total. The number of rotatable bonds is 2. The maximum absolute atomic E-state index is 12.8. The van der Waals surface area contributed by atoms with E-state index in [4.69, 9.17) is 5.73 Å². The largest absolute Gasteiger partial charge is 0.417 e. The third-order valence-electron chi connectivity index (χ3n) is 2.35. The Kier molecular flexibility index (Phi) is 4.41. The molecule has 0 aliphatic heterocycles. The Bertz CT molecular complexity index is 507. The van der Waals surface area contributed by atoms with Gasteiger partial charge in [0, 0.05) is 4.70 Å². The van der Waals surface area contributed by atoms with Crippen molar-refractivity contribution in [2.75, 3.05) is 6.54 Å². The molecule has 2 N–H and O–H groups in total. The molecule has 2 aromatic rings. The van der Waals surface area contributed by atoms with E-state index in [1.165, 1.54) is 6.07 Å². The molecule has 1 aromatic heterocycles. The van der Waals surface area contributed by atoms with Gasteiger partial charge in [0.1, 0.15) is 0 Å². The Balaban J connectivity index is 0.00000144. The average molecular weight is 282 g/mol. The van der Waals surface area contributed by atoms with Gasteiger partial charge in [-0.05, 0) is 41.4 Å². The molecule has 0 atom stereocenters. The van der Waals surface area contributed by atoms with Crippen molar-refractivity contribution in [1.29, 1.82) is 0 Å². The maximum atomic E-state index is 12.8. The van der Waals surface area contributed by atoms with Crippen LogP contribution in [-0.4, -0.2) is 6.54 Å². The monoisotopic (exact) mass is 281 g/mol. The lowest BCUT2D eigenvalue weighted by atomic mass is 10.1. The molecule has 2 rings (SSSR count). The molecule has 0 unspecified atom stereocenters. The summed E-state index contributed by atoms with van der Waals surface area (Å²) in [4.78, 5) is 0. The number of fused-ring (bicyclic) bond motifs is 1. The van der Waals surface area contributed by atoms with E-state index in [1.54, 1.807) is 17.5 Å². The highest BCUT2D eigenvalue weighted by molar-refractivity contribution is 7.17. The fourth-order valence-electron chi connectivity index (χ4n) is 1.67. The zero-order valence-electron chi connectivity index (χ0n) is 8.75. The highest BCUT2D eigenvalue weighted by atomic mass is 35.5. The van der Waals surface area contributed by atoms with E-state index < -0.39 is 11.7 Å². The molecule has 0 bridgehead atoms. The molecule has 1 aromatic carbocycles. The smallest absolute Gasteiger partial charge is 0.330 e. The number of halogens is 4. The van der Waals surface area contributed by atoms with E-state index in [9.17, 15) is 13.2 Å². The molecule has 1 heterocycles. The van der Waals surface area contributed by atoms with E-state index in [2.05, 4.69) is 0 Å². The van der Waals surface area contributed by atoms with Crippen LogP contribution in [0.4, 0.5) is 13.2 Å². The number of thiophene rings is 1. The van der Waals surface area contributed by atoms with Crippen LogP contribution in [0.5, 0.6) is 0 Å². The summed E-state index contributed by atoms with van der Waals surface area (Å²) in [6.45, 7) is 0.354. The van der Waals surface area contributed by atoms with Gasteiger partial charge in [0.15, 0.2) is 0 Å². The number of hydrogen-bond acceptors (Lipinski definition) is 2. The van der Waals surface area contributed by atoms with Crippen molar-refractivity contribution in [2.24, 2.45) is 5.73 Å². The van der Waals surface area contributed by atoms with E-state index in [0.717, 1.165) is 11.3 Å². The van der Waals surface area contributed by atoms with Crippen LogP contribution in [0.2, 0.25) is 0 Å². The number of nitrogens with two attached hydrogens (primary N) is 1. The molecule has 0 fully saturated rings. The summed E-state index contributed by atoms with van der Waals surface area (Å²) in [5.74, 6) is 0. The Labute approximate surface area is 107 Å². The van der Waals surface area contributed by atoms with Gasteiger partial charge in [-0.15, -0.1) is 23.7 Å². The van der Waals surface area contributed by atoms with Crippen molar-refractivity contribution < 1.29 is 13.2 Å². The Morgan fingerprint density at radius 2 is 1.94 bits per heavy atom. The summed E-state index contributed by atoms with van der Waals surface area (Å²) < 4.78 is 38.7. The topological polar surface area (TPSA) is 26.0 Å². The number of hydrogen-bond donors (Lipinski definition) is 1. The summed E-state index contributed by atoms with van der Waals surface area (Å²) >= 11 is 1.12. The van der Waals surface area contributed by atoms with E-state index in [0.29, 0.717) is 28.6 Å². The van der Waals surface area contributed by atoms with Crippen LogP contribution in [-0.2, 0) is 12.6 Å². The van der Waals surface area contributed by atoms with Crippen LogP contribution in [0.3, 0.4) is 0 Å². The van der Waals surface area contributed by atoms with Crippen LogP contribution in [0.1, 0.15) is 11.1 Å². The zero-order valence-corrected chi connectivity index (χ0v) is 10.4. The van der Waals surface area contributed by atoms with Crippen LogP contribution in [0.15, 0.2) is 23.6 Å². The minimum Gasteiger partial charge on any atom is -0.330 e. The number of benzene rings is 1. The second-order valence-corrected chi connectivity index (χ2v) is 4.43. The van der Waals surface area contributed by atoms with Crippen molar-refractivity contribution in [1.82, 2.24) is 0 Å². The van der Waals surface area contributed by atoms with Crippen LogP contribution in [0.25, 0.3) is 10.1 Å². The van der Waals surface area contributed by atoms with Crippen molar-refractivity contribution in [3.8, 4) is 0 Å². The first-order chi connectivity index (χ1) is 7.52. The fourth-order valence-corrected chi connectivity index (χ4v) is 2.58. The van der Waals surface area contributed by atoms with Gasteiger partial charge >= 0.3 is 6.18 Å². The first kappa shape index (κ1) is 14.3. The van der Waals surface area contributed by atoms with Gasteiger partial charge in [0.05, 0.1) is 5.56 Å². The van der Waals surface area contributed by atoms with Gasteiger partial charge in [-0.25, -0.2) is 0 Å². The molecule has 0 saturated heterocycles. The second-order valence-electron chi connectivity index (χ2n) is 3.52. The minimum absolute atomic E-state index is 0. The summed E-state index contributed by atoms with van der Waals surface area (Å²) in [5, 5.41) is 2.31. The van der Waals surface area contributed by atoms with E-state index >= 15 is 0 Å². The summed E-state index contributed by atoms with van der Waals surface area (Å²) in [6.07, 6.45) is -3.83. The van der Waals surface area contributed by atoms with Crippen molar-refractivity contribution >= 4 is 33.8 Å². The van der Waals surface area contributed by atoms with Crippen LogP contribution in [0, 0.1) is 0 Å². The average Bonchev–Trinajstić information content (AvgIpc) is 2.63. The molecule has 94 valence electrons. The first-order valence-corrected chi connectivity index (χ1v) is 5.67. The van der Waals surface area contributed by atoms with Gasteiger partial charge in [0.25, 0.3) is 0 Å². The molecule has 6 heteroatoms. The molecule has 17 heavy (non-hydrogen) atoms. The molecule has 0 saturated carbocycles. The molecule has 0 amide bonds. The van der Waals surface area contributed by atoms with Gasteiger partial charge in [-0.3, -0.25) is 0 Å². The number of alkyl halides is 3. The predicted octanol–water partition coefficient (Wildman–Crippen LogP) is 3.84. The Morgan fingerprint density at radius 1 is 1.24 bits per heavy atom. The molecule has 0 aliphatic carbocycles. The fraction of sp³-hybridized carbons (Fsp3) is 0.273. The highest BCUT2D eigenvalue weighted by Gasteiger charge is 2.33. The quantitative estimate of drug-likeness (QED) is 0.889. The van der Waals surface area contributed by atoms with Crippen molar-refractivity contribution in [2.45, 2.75) is 12.6 Å². The lowest BCUT2D eigenvalue weighted by molar-refractivity contribution is -0.136. The van der Waals surface area contributed by atoms with Crippen LogP contribution < -0.4 is 5.73 Å². The molecule has 0 spiro atoms. The van der Waals surface area contributed by atoms with E-state index in [1.807, 2.05) is 0 Å². The van der Waals surface area contributed by atoms with Gasteiger partial charge in [-0.1, -0.05) is 6.07 Å². The Hall–Kier alpha value is -0.780. The summed E-state index contributed by atoms with van der Waals surface area (Å²) in [5.41, 5.74) is 5.45. The van der Waals surface area contributed by atoms with E-state index in [-0.39, 0.29) is 12.4 Å². The summed E-state index contributed by atoms with van der Waals surface area (Å²) in [7, 11) is 0. The predicted molar refractivity (Wildman–Crippen MR) is 66.8 cm³/mol. The van der Waals surface area contributed by atoms with Crippen molar-refractivity contribution in [3.63, 3.8) is 0 Å². The van der Waals surface area contributed by atoms with Gasteiger partial charge < -0.3 is 5.73 Å². The van der Waals surface area contributed by atoms with Gasteiger partial charge in [-0.2, -0.15) is 13.2 Å². The third-order valence-corrected chi connectivity index (χ3v) is 3.31. The third kappa shape index (κ3) is 2.91. The standard InChI is InChI=1S/C11H10F3NS.ClH/c12-11(13,14)9-6-7(1-3-15)5-8-2-4-16-10(8)9;/h2,4-6H,1,3,15H2;1H. The summed E-state index contributed by atoms with van der Waals surface area (Å²) in [6, 6.07) is 4.68. The van der Waals surface area contributed by atoms with Gasteiger partial charge in [0.2, 0.25) is 0 Å². The zero-order chi connectivity index (χ0) is 11.8. The molecule has 0 radical (unpaired) electrons. The maximum Gasteiger partial charge on any atom is 0.417 e. The molecular weight excluding hydrogens is 271 g/mol. The molecule has 0 aliphatic rings. The minimum atomic E-state index is -4.30. The lowest BCUT2D eigenvalue weighted by Crippen LogP contribution is -2.08. The SMILES string of the molecule is Cl.NCCc1cc(C(F)(F)F)c2sccc2c1. The first-order valence-electron chi connectivity index (χ1n) is 4.80. The van der Waals surface area contributed by atoms with Crippen LogP contribution >= 0.6 is 23.7 Å². The highest BCUT2D eigenvalue weighted by Crippen LogP contribution is 2.38. The normalized spacial score (nSPS) is 11.5. The second kappa shape index (κ2) is 5.25.